The first kappa shape index (κ1) is 15.5. The van der Waals surface area contributed by atoms with Crippen LogP contribution in [0, 0.1) is 6.92 Å². The van der Waals surface area contributed by atoms with E-state index in [0.717, 1.165) is 36.2 Å². The van der Waals surface area contributed by atoms with Gasteiger partial charge in [-0.25, -0.2) is 0 Å². The largest absolute Gasteiger partial charge is 0.324 e. The number of rotatable bonds is 5. The van der Waals surface area contributed by atoms with E-state index in [-0.39, 0.29) is 5.91 Å². The summed E-state index contributed by atoms with van der Waals surface area (Å²) in [5, 5.41) is 6.32. The molecule has 1 atom stereocenters. The molecule has 1 aliphatic rings. The molecular weight excluding hydrogens is 318 g/mol. The zero-order valence-electron chi connectivity index (χ0n) is 12.1. The third kappa shape index (κ3) is 4.04. The fourth-order valence-corrected chi connectivity index (χ4v) is 3.14. The number of halogens is 1. The quantitative estimate of drug-likeness (QED) is 0.865. The van der Waals surface area contributed by atoms with Crippen molar-refractivity contribution in [3.05, 3.63) is 28.2 Å². The second-order valence-electron chi connectivity index (χ2n) is 5.24. The van der Waals surface area contributed by atoms with Crippen molar-refractivity contribution < 1.29 is 4.79 Å². The van der Waals surface area contributed by atoms with Gasteiger partial charge < -0.3 is 10.6 Å². The van der Waals surface area contributed by atoms with Crippen LogP contribution in [0.4, 0.5) is 5.69 Å². The highest BCUT2D eigenvalue weighted by Gasteiger charge is 2.22. The molecule has 0 bridgehead atoms. The molecule has 20 heavy (non-hydrogen) atoms. The molecule has 5 heteroatoms. The van der Waals surface area contributed by atoms with Crippen molar-refractivity contribution in [1.29, 1.82) is 0 Å². The molecule has 0 aromatic heterocycles. The number of likely N-dealkylation sites (N-methyl/N-ethyl adjacent to an activating group) is 1. The minimum absolute atomic E-state index is 0.0447. The molecule has 1 saturated heterocycles. The van der Waals surface area contributed by atoms with Gasteiger partial charge in [0.25, 0.3) is 0 Å². The van der Waals surface area contributed by atoms with Crippen LogP contribution in [0.15, 0.2) is 22.7 Å². The molecule has 1 aliphatic heterocycles. The first-order valence-corrected chi connectivity index (χ1v) is 7.90. The molecule has 0 spiro atoms. The van der Waals surface area contributed by atoms with Crippen molar-refractivity contribution in [2.75, 3.05) is 31.5 Å². The van der Waals surface area contributed by atoms with E-state index >= 15 is 0 Å². The molecule has 1 aromatic rings. The monoisotopic (exact) mass is 339 g/mol. The molecule has 1 unspecified atom stereocenters. The van der Waals surface area contributed by atoms with Gasteiger partial charge in [0.1, 0.15) is 0 Å². The Bertz CT molecular complexity index is 472. The summed E-state index contributed by atoms with van der Waals surface area (Å²) in [6.07, 6.45) is 1.12. The predicted octanol–water partition coefficient (Wildman–Crippen LogP) is 2.38. The Kier molecular flexibility index (Phi) is 5.57. The number of amides is 1. The van der Waals surface area contributed by atoms with Crippen molar-refractivity contribution in [2.24, 2.45) is 0 Å². The highest BCUT2D eigenvalue weighted by atomic mass is 79.9. The number of benzene rings is 1. The van der Waals surface area contributed by atoms with E-state index in [1.54, 1.807) is 0 Å². The maximum absolute atomic E-state index is 12.2. The lowest BCUT2D eigenvalue weighted by atomic mass is 10.2. The minimum atomic E-state index is 0.0447. The first-order chi connectivity index (χ1) is 9.60. The number of aryl methyl sites for hydroxylation is 1. The predicted molar refractivity (Wildman–Crippen MR) is 86.0 cm³/mol. The van der Waals surface area contributed by atoms with E-state index in [1.807, 2.05) is 25.1 Å². The summed E-state index contributed by atoms with van der Waals surface area (Å²) in [6, 6.07) is 6.42. The summed E-state index contributed by atoms with van der Waals surface area (Å²) in [5.74, 6) is 0.0447. The Morgan fingerprint density at radius 2 is 2.35 bits per heavy atom. The Morgan fingerprint density at radius 1 is 1.55 bits per heavy atom. The van der Waals surface area contributed by atoms with Gasteiger partial charge in [-0.2, -0.15) is 0 Å². The van der Waals surface area contributed by atoms with Gasteiger partial charge in [0.2, 0.25) is 5.91 Å². The maximum atomic E-state index is 12.2. The molecule has 1 heterocycles. The molecule has 1 aromatic carbocycles. The van der Waals surface area contributed by atoms with Crippen molar-refractivity contribution >= 4 is 27.5 Å². The van der Waals surface area contributed by atoms with Gasteiger partial charge in [-0.15, -0.1) is 0 Å². The Labute approximate surface area is 129 Å². The Hall–Kier alpha value is -0.910. The lowest BCUT2D eigenvalue weighted by molar-refractivity contribution is -0.117. The second kappa shape index (κ2) is 7.20. The van der Waals surface area contributed by atoms with E-state index in [1.165, 1.54) is 5.56 Å². The van der Waals surface area contributed by atoms with Crippen LogP contribution in [0.3, 0.4) is 0 Å². The van der Waals surface area contributed by atoms with Crippen LogP contribution in [-0.2, 0) is 4.79 Å². The van der Waals surface area contributed by atoms with Gasteiger partial charge in [0.15, 0.2) is 0 Å². The Morgan fingerprint density at radius 3 is 2.95 bits per heavy atom. The molecule has 2 N–H and O–H groups in total. The fourth-order valence-electron chi connectivity index (χ4n) is 2.55. The number of anilines is 1. The van der Waals surface area contributed by atoms with Gasteiger partial charge in [0, 0.05) is 17.1 Å². The van der Waals surface area contributed by atoms with Crippen LogP contribution in [0.25, 0.3) is 0 Å². The SMILES string of the molecule is CCN(CC(=O)Nc1ccc(C)cc1Br)C1CCNC1. The third-order valence-corrected chi connectivity index (χ3v) is 4.36. The smallest absolute Gasteiger partial charge is 0.238 e. The number of carbonyl (C=O) groups excluding carboxylic acids is 1. The molecule has 0 aliphatic carbocycles. The molecule has 0 saturated carbocycles. The van der Waals surface area contributed by atoms with E-state index in [4.69, 9.17) is 0 Å². The van der Waals surface area contributed by atoms with Crippen molar-refractivity contribution in [1.82, 2.24) is 10.2 Å². The maximum Gasteiger partial charge on any atom is 0.238 e. The number of hydrogen-bond acceptors (Lipinski definition) is 3. The zero-order chi connectivity index (χ0) is 14.5. The Balaban J connectivity index is 1.93. The lowest BCUT2D eigenvalue weighted by Gasteiger charge is -2.26. The number of carbonyl (C=O) groups is 1. The zero-order valence-corrected chi connectivity index (χ0v) is 13.7. The summed E-state index contributed by atoms with van der Waals surface area (Å²) in [6.45, 7) is 7.51. The summed E-state index contributed by atoms with van der Waals surface area (Å²) < 4.78 is 0.927. The average Bonchev–Trinajstić information content (AvgIpc) is 2.93. The number of nitrogens with one attached hydrogen (secondary N) is 2. The summed E-state index contributed by atoms with van der Waals surface area (Å²) in [5.41, 5.74) is 2.00. The molecule has 1 amide bonds. The molecular formula is C15H22BrN3O. The molecule has 110 valence electrons. The van der Waals surface area contributed by atoms with Crippen LogP contribution in [-0.4, -0.2) is 43.0 Å². The van der Waals surface area contributed by atoms with Crippen LogP contribution < -0.4 is 10.6 Å². The van der Waals surface area contributed by atoms with Crippen LogP contribution in [0.1, 0.15) is 18.9 Å². The number of hydrogen-bond donors (Lipinski definition) is 2. The normalized spacial score (nSPS) is 18.5. The van der Waals surface area contributed by atoms with Crippen molar-refractivity contribution in [3.63, 3.8) is 0 Å². The lowest BCUT2D eigenvalue weighted by Crippen LogP contribution is -2.41. The summed E-state index contributed by atoms with van der Waals surface area (Å²) in [7, 11) is 0. The highest BCUT2D eigenvalue weighted by Crippen LogP contribution is 2.23. The van der Waals surface area contributed by atoms with Gasteiger partial charge in [-0.3, -0.25) is 9.69 Å². The van der Waals surface area contributed by atoms with Crippen LogP contribution in [0.5, 0.6) is 0 Å². The first-order valence-electron chi connectivity index (χ1n) is 7.11. The van der Waals surface area contributed by atoms with E-state index in [0.29, 0.717) is 12.6 Å². The minimum Gasteiger partial charge on any atom is -0.324 e. The fraction of sp³-hybridized carbons (Fsp3) is 0.533. The van der Waals surface area contributed by atoms with Crippen LogP contribution >= 0.6 is 15.9 Å². The molecule has 2 rings (SSSR count). The van der Waals surface area contributed by atoms with E-state index in [9.17, 15) is 4.79 Å². The van der Waals surface area contributed by atoms with Gasteiger partial charge in [-0.05, 0) is 60.1 Å². The summed E-state index contributed by atoms with van der Waals surface area (Å²) >= 11 is 3.49. The third-order valence-electron chi connectivity index (χ3n) is 3.70. The standard InChI is InChI=1S/C15H22BrN3O/c1-3-19(12-6-7-17-9-12)10-15(20)18-14-5-4-11(2)8-13(14)16/h4-5,8,12,17H,3,6-7,9-10H2,1-2H3,(H,18,20). The van der Waals surface area contributed by atoms with Gasteiger partial charge in [0.05, 0.1) is 12.2 Å². The molecule has 0 radical (unpaired) electrons. The van der Waals surface area contributed by atoms with Crippen LogP contribution in [0.2, 0.25) is 0 Å². The van der Waals surface area contributed by atoms with Gasteiger partial charge >= 0.3 is 0 Å². The highest BCUT2D eigenvalue weighted by molar-refractivity contribution is 9.10. The van der Waals surface area contributed by atoms with Gasteiger partial charge in [-0.1, -0.05) is 13.0 Å². The second-order valence-corrected chi connectivity index (χ2v) is 6.10. The topological polar surface area (TPSA) is 44.4 Å². The molecule has 4 nitrogen and oxygen atoms in total. The van der Waals surface area contributed by atoms with E-state index in [2.05, 4.69) is 38.4 Å². The van der Waals surface area contributed by atoms with Crippen molar-refractivity contribution in [2.45, 2.75) is 26.3 Å². The molecule has 1 fully saturated rings. The number of nitrogens with zero attached hydrogens (tertiary/aromatic N) is 1. The average molecular weight is 340 g/mol. The van der Waals surface area contributed by atoms with Crippen molar-refractivity contribution in [3.8, 4) is 0 Å². The summed E-state index contributed by atoms with van der Waals surface area (Å²) in [4.78, 5) is 14.4. The van der Waals surface area contributed by atoms with E-state index < -0.39 is 0 Å².